The summed E-state index contributed by atoms with van der Waals surface area (Å²) >= 11 is 5.88. The van der Waals surface area contributed by atoms with Crippen LogP contribution in [-0.4, -0.2) is 67.8 Å². The topological polar surface area (TPSA) is 136 Å². The van der Waals surface area contributed by atoms with E-state index in [4.69, 9.17) is 16.4 Å². The highest BCUT2D eigenvalue weighted by Crippen LogP contribution is 2.12. The van der Waals surface area contributed by atoms with Crippen molar-refractivity contribution in [3.63, 3.8) is 0 Å². The largest absolute Gasteiger partial charge is 0.393 e. The second-order valence-corrected chi connectivity index (χ2v) is 10.3. The number of hydrogen-bond donors (Lipinski definition) is 1. The molecule has 0 atom stereocenters. The number of sulfonamides is 1. The van der Waals surface area contributed by atoms with E-state index in [1.165, 1.54) is 14.1 Å². The van der Waals surface area contributed by atoms with E-state index in [2.05, 4.69) is 20.0 Å². The lowest BCUT2D eigenvalue weighted by Gasteiger charge is -2.10. The molecule has 2 rings (SSSR count). The molecule has 0 aliphatic rings. The molecule has 0 aliphatic carbocycles. The highest BCUT2D eigenvalue weighted by molar-refractivity contribution is 7.89. The molecule has 14 heteroatoms. The predicted molar refractivity (Wildman–Crippen MR) is 107 cm³/mol. The molecule has 2 aromatic rings. The smallest absolute Gasteiger partial charge is 0.323 e. The number of nitrogens with one attached hydrogen (secondary N) is 1. The standard InChI is InChI=1S/C15H21ClN6O5S2/c1-11(2)27-20-14(12-5-7-13(16)8-6-12)9-18-28(23,24)15-17-10-22(19-15)29(25,26)21(3)4/h5-8,10-11,18H,9H2,1-4H3/b20-14+. The minimum absolute atomic E-state index is 0.220. The Morgan fingerprint density at radius 3 is 2.41 bits per heavy atom. The molecule has 0 amide bonds. The normalized spacial score (nSPS) is 13.3. The SMILES string of the molecule is CC(C)O/N=C(\CNS(=O)(=O)c1ncn(S(=O)(=O)N(C)C)n1)c1ccc(Cl)cc1. The molecule has 0 fully saturated rings. The molecule has 1 aromatic carbocycles. The van der Waals surface area contributed by atoms with E-state index >= 15 is 0 Å². The Kier molecular flexibility index (Phi) is 7.35. The quantitative estimate of drug-likeness (QED) is 0.426. The van der Waals surface area contributed by atoms with Crippen LogP contribution in [0.5, 0.6) is 0 Å². The molecular weight excluding hydrogens is 444 g/mol. The summed E-state index contributed by atoms with van der Waals surface area (Å²) in [5, 5.41) is 7.35. The van der Waals surface area contributed by atoms with Crippen molar-refractivity contribution in [1.29, 1.82) is 0 Å². The first-order valence-corrected chi connectivity index (χ1v) is 11.5. The summed E-state index contributed by atoms with van der Waals surface area (Å²) in [5.74, 6) is 0. The molecule has 0 spiro atoms. The van der Waals surface area contributed by atoms with Gasteiger partial charge in [0.25, 0.3) is 15.2 Å². The maximum atomic E-state index is 12.5. The predicted octanol–water partition coefficient (Wildman–Crippen LogP) is 0.694. The number of halogens is 1. The molecule has 0 unspecified atom stereocenters. The van der Waals surface area contributed by atoms with Crippen LogP contribution in [-0.2, 0) is 25.1 Å². The summed E-state index contributed by atoms with van der Waals surface area (Å²) in [6.45, 7) is 3.30. The molecule has 0 saturated carbocycles. The van der Waals surface area contributed by atoms with Crippen molar-refractivity contribution < 1.29 is 21.7 Å². The van der Waals surface area contributed by atoms with E-state index in [9.17, 15) is 16.8 Å². The number of nitrogens with zero attached hydrogens (tertiary/aromatic N) is 5. The Bertz CT molecular complexity index is 1080. The fourth-order valence-electron chi connectivity index (χ4n) is 1.86. The highest BCUT2D eigenvalue weighted by Gasteiger charge is 2.25. The van der Waals surface area contributed by atoms with Crippen LogP contribution in [0.25, 0.3) is 0 Å². The van der Waals surface area contributed by atoms with Crippen LogP contribution in [0.3, 0.4) is 0 Å². The lowest BCUT2D eigenvalue weighted by molar-refractivity contribution is 0.0858. The van der Waals surface area contributed by atoms with E-state index < -0.39 is 25.4 Å². The van der Waals surface area contributed by atoms with E-state index in [1.54, 1.807) is 38.1 Å². The minimum atomic E-state index is -4.21. The Hall–Kier alpha value is -2.06. The molecule has 0 radical (unpaired) electrons. The van der Waals surface area contributed by atoms with Crippen molar-refractivity contribution in [3.8, 4) is 0 Å². The molecule has 29 heavy (non-hydrogen) atoms. The molecule has 11 nitrogen and oxygen atoms in total. The van der Waals surface area contributed by atoms with Gasteiger partial charge in [0.2, 0.25) is 0 Å². The molecular formula is C15H21ClN6O5S2. The Morgan fingerprint density at radius 1 is 1.24 bits per heavy atom. The number of oxime groups is 1. The molecule has 0 aliphatic heterocycles. The molecule has 0 saturated heterocycles. The van der Waals surface area contributed by atoms with Crippen LogP contribution in [0.2, 0.25) is 5.02 Å². The van der Waals surface area contributed by atoms with Crippen molar-refractivity contribution in [3.05, 3.63) is 41.2 Å². The second kappa shape index (κ2) is 9.17. The third kappa shape index (κ3) is 5.96. The number of hydrogen-bond acceptors (Lipinski definition) is 8. The van der Waals surface area contributed by atoms with Crippen molar-refractivity contribution in [1.82, 2.24) is 23.2 Å². The molecule has 1 heterocycles. The van der Waals surface area contributed by atoms with Crippen molar-refractivity contribution >= 4 is 37.5 Å². The number of rotatable bonds is 9. The van der Waals surface area contributed by atoms with Gasteiger partial charge < -0.3 is 4.84 Å². The zero-order valence-electron chi connectivity index (χ0n) is 16.1. The van der Waals surface area contributed by atoms with Crippen molar-refractivity contribution in [2.24, 2.45) is 5.16 Å². The van der Waals surface area contributed by atoms with Gasteiger partial charge in [-0.05, 0) is 26.0 Å². The number of benzene rings is 1. The summed E-state index contributed by atoms with van der Waals surface area (Å²) < 4.78 is 52.7. The lowest BCUT2D eigenvalue weighted by atomic mass is 10.1. The van der Waals surface area contributed by atoms with Gasteiger partial charge in [-0.15, -0.1) is 9.19 Å². The van der Waals surface area contributed by atoms with Gasteiger partial charge in [-0.2, -0.15) is 12.7 Å². The first-order valence-electron chi connectivity index (χ1n) is 8.26. The number of aromatic nitrogens is 3. The summed E-state index contributed by atoms with van der Waals surface area (Å²) in [6, 6.07) is 6.59. The Labute approximate surface area is 174 Å². The fraction of sp³-hybridized carbons (Fsp3) is 0.400. The first kappa shape index (κ1) is 23.2. The minimum Gasteiger partial charge on any atom is -0.393 e. The second-order valence-electron chi connectivity index (χ2n) is 6.21. The zero-order valence-corrected chi connectivity index (χ0v) is 18.5. The van der Waals surface area contributed by atoms with E-state index in [0.29, 0.717) is 20.4 Å². The van der Waals surface area contributed by atoms with Crippen LogP contribution < -0.4 is 4.72 Å². The van der Waals surface area contributed by atoms with Crippen molar-refractivity contribution in [2.75, 3.05) is 20.6 Å². The van der Waals surface area contributed by atoms with Gasteiger partial charge in [0.05, 0.1) is 6.54 Å². The van der Waals surface area contributed by atoms with Crippen LogP contribution in [0, 0.1) is 0 Å². The van der Waals surface area contributed by atoms with Gasteiger partial charge in [0, 0.05) is 24.7 Å². The van der Waals surface area contributed by atoms with Crippen molar-refractivity contribution in [2.45, 2.75) is 25.1 Å². The summed E-state index contributed by atoms with van der Waals surface area (Å²) in [4.78, 5) is 8.81. The maximum absolute atomic E-state index is 12.5. The molecule has 1 aromatic heterocycles. The Morgan fingerprint density at radius 2 is 1.86 bits per heavy atom. The lowest BCUT2D eigenvalue weighted by Crippen LogP contribution is -2.32. The van der Waals surface area contributed by atoms with Gasteiger partial charge in [0.15, 0.2) is 0 Å². The van der Waals surface area contributed by atoms with E-state index in [-0.39, 0.29) is 12.6 Å². The van der Waals surface area contributed by atoms with Crippen LogP contribution in [0.1, 0.15) is 19.4 Å². The monoisotopic (exact) mass is 464 g/mol. The highest BCUT2D eigenvalue weighted by atomic mass is 35.5. The average Bonchev–Trinajstić information content (AvgIpc) is 3.14. The van der Waals surface area contributed by atoms with E-state index in [1.807, 2.05) is 0 Å². The Balaban J connectivity index is 2.25. The van der Waals surface area contributed by atoms with Crippen LogP contribution in [0.4, 0.5) is 0 Å². The van der Waals surface area contributed by atoms with E-state index in [0.717, 1.165) is 10.6 Å². The van der Waals surface area contributed by atoms with Gasteiger partial charge >= 0.3 is 10.2 Å². The van der Waals surface area contributed by atoms with Gasteiger partial charge in [-0.1, -0.05) is 28.9 Å². The third-order valence-corrected chi connectivity index (χ3v) is 6.39. The summed E-state index contributed by atoms with van der Waals surface area (Å²) in [7, 11) is -5.63. The van der Waals surface area contributed by atoms with Crippen LogP contribution in [0.15, 0.2) is 40.9 Å². The van der Waals surface area contributed by atoms with Crippen LogP contribution >= 0.6 is 11.6 Å². The zero-order chi connectivity index (χ0) is 21.8. The first-order chi connectivity index (χ1) is 13.4. The average molecular weight is 465 g/mol. The molecule has 160 valence electrons. The molecule has 1 N–H and O–H groups in total. The summed E-state index contributed by atoms with van der Waals surface area (Å²) in [6.07, 6.45) is 0.586. The fourth-order valence-corrected chi connectivity index (χ4v) is 3.56. The third-order valence-electron chi connectivity index (χ3n) is 3.37. The summed E-state index contributed by atoms with van der Waals surface area (Å²) in [5.41, 5.74) is 0.880. The van der Waals surface area contributed by atoms with Gasteiger partial charge in [-0.25, -0.2) is 18.1 Å². The maximum Gasteiger partial charge on any atom is 0.323 e. The molecule has 0 bridgehead atoms. The van der Waals surface area contributed by atoms with Gasteiger partial charge in [0.1, 0.15) is 18.1 Å². The van der Waals surface area contributed by atoms with Gasteiger partial charge in [-0.3, -0.25) is 0 Å².